The number of phenols is 2. The second kappa shape index (κ2) is 31.6. The van der Waals surface area contributed by atoms with Crippen molar-refractivity contribution in [1.82, 2.24) is 42.5 Å². The highest BCUT2D eigenvalue weighted by molar-refractivity contribution is 8.13. The maximum absolute atomic E-state index is 14.8. The number of unbranched alkanes of at least 4 members (excludes halogenated alkanes) is 2. The van der Waals surface area contributed by atoms with E-state index in [-0.39, 0.29) is 49.2 Å². The van der Waals surface area contributed by atoms with Gasteiger partial charge in [0.05, 0.1) is 12.1 Å². The monoisotopic (exact) mass is 1170 g/mol. The van der Waals surface area contributed by atoms with Crippen molar-refractivity contribution in [3.05, 3.63) is 130 Å². The van der Waals surface area contributed by atoms with Crippen molar-refractivity contribution in [2.45, 2.75) is 113 Å². The van der Waals surface area contributed by atoms with E-state index in [4.69, 9.17) is 34.5 Å². The molecule has 440 valence electrons. The van der Waals surface area contributed by atoms with E-state index >= 15 is 0 Å². The van der Waals surface area contributed by atoms with Crippen LogP contribution in [0.5, 0.6) is 11.5 Å². The van der Waals surface area contributed by atoms with Gasteiger partial charge in [-0.25, -0.2) is 0 Å². The molecule has 1 heterocycles. The molecule has 1 aliphatic rings. The molecule has 0 bridgehead atoms. The highest BCUT2D eigenvalue weighted by Crippen LogP contribution is 2.17. The van der Waals surface area contributed by atoms with Crippen molar-refractivity contribution in [2.24, 2.45) is 22.9 Å². The Morgan fingerprint density at radius 2 is 1.17 bits per heavy atom. The molecule has 0 radical (unpaired) electrons. The lowest BCUT2D eigenvalue weighted by molar-refractivity contribution is -0.136. The van der Waals surface area contributed by atoms with Crippen LogP contribution in [-0.2, 0) is 64.0 Å². The first kappa shape index (κ1) is 64.5. The summed E-state index contributed by atoms with van der Waals surface area (Å²) in [4.78, 5) is 139. The first-order chi connectivity index (χ1) is 39.0. The Morgan fingerprint density at radius 3 is 1.72 bits per heavy atom. The number of rotatable bonds is 20. The van der Waals surface area contributed by atoms with Crippen molar-refractivity contribution >= 4 is 81.8 Å². The lowest BCUT2D eigenvalue weighted by Gasteiger charge is -2.28. The van der Waals surface area contributed by atoms with Crippen LogP contribution in [-0.4, -0.2) is 147 Å². The van der Waals surface area contributed by atoms with E-state index in [0.717, 1.165) is 6.92 Å². The summed E-state index contributed by atoms with van der Waals surface area (Å²) in [5.74, 6) is -9.58. The quantitative estimate of drug-likeness (QED) is 0.0457. The molecule has 5 rings (SSSR count). The summed E-state index contributed by atoms with van der Waals surface area (Å²) in [6.45, 7) is 0.783. The second-order valence-corrected chi connectivity index (χ2v) is 21.0. The summed E-state index contributed by atoms with van der Waals surface area (Å²) in [7, 11) is 0. The number of primary amides is 2. The smallest absolute Gasteiger partial charge is 0.279 e. The molecular weight excluding hydrogens is 1100 g/mol. The number of carbonyl (C=O) groups excluding carboxylic acids is 10. The molecular formula is C55H69ClN12O13S. The van der Waals surface area contributed by atoms with Crippen molar-refractivity contribution in [1.29, 1.82) is 0 Å². The number of amides is 10. The van der Waals surface area contributed by atoms with Crippen LogP contribution >= 0.6 is 23.4 Å². The molecule has 1 fully saturated rings. The number of phenolic OH excluding ortho intramolecular Hbond substituents is 2. The number of aliphatic hydroxyl groups excluding tert-OH is 1. The van der Waals surface area contributed by atoms with E-state index in [1.807, 2.05) is 0 Å². The summed E-state index contributed by atoms with van der Waals surface area (Å²) in [6.07, 6.45) is -1.24. The standard InChI is InChI=1S/C55H69ClN12O13S/c1-29(69)45-54(80)67-44(53(79)63-40(47(60)73)24-32-10-18-36(70)19-11-32)28-82-55(81)61-27-43(66-48(74)38(58)23-30-8-16-35(56)17-9-30)52(78)65-42(26-33-12-20-37(71)21-13-33)51(77)64-41(25-31-6-14-34(15-7-31)46(59)72)50(76)62-39(49(75)68-45)5-3-2-4-22-57/h6-21,29,38-45,69-71H,2-5,22-28,57-58H2,1H3,(H2,59,72)(H2,60,73)(H,61,81)(H,62,76)(H,63,79)(H,64,77)(H,65,78)(H,66,74)(H,67,80)(H,68,75)/t29?,38-,39-,40+,41+,42-,43-,44-,45-/m0/s1. The van der Waals surface area contributed by atoms with Gasteiger partial charge in [0, 0.05) is 42.1 Å². The van der Waals surface area contributed by atoms with Gasteiger partial charge in [-0.15, -0.1) is 0 Å². The lowest BCUT2D eigenvalue weighted by Crippen LogP contribution is -2.62. The Kier molecular flexibility index (Phi) is 24.9. The van der Waals surface area contributed by atoms with Gasteiger partial charge in [-0.05, 0) is 104 Å². The number of hydrogen-bond donors (Lipinski definition) is 15. The number of carbonyl (C=O) groups is 10. The molecule has 0 aromatic heterocycles. The Bertz CT molecular complexity index is 2890. The fourth-order valence-electron chi connectivity index (χ4n) is 8.40. The van der Waals surface area contributed by atoms with Gasteiger partial charge in [0.15, 0.2) is 0 Å². The van der Waals surface area contributed by atoms with Crippen LogP contribution in [0.1, 0.15) is 65.2 Å². The van der Waals surface area contributed by atoms with Crippen LogP contribution in [0.15, 0.2) is 97.1 Å². The van der Waals surface area contributed by atoms with E-state index in [0.29, 0.717) is 64.8 Å². The fourth-order valence-corrected chi connectivity index (χ4v) is 9.26. The van der Waals surface area contributed by atoms with Crippen molar-refractivity contribution < 1.29 is 63.3 Å². The highest BCUT2D eigenvalue weighted by atomic mass is 35.5. The van der Waals surface area contributed by atoms with Gasteiger partial charge < -0.3 is 80.8 Å². The van der Waals surface area contributed by atoms with Crippen molar-refractivity contribution in [2.75, 3.05) is 18.8 Å². The zero-order valence-corrected chi connectivity index (χ0v) is 46.3. The zero-order chi connectivity index (χ0) is 60.0. The van der Waals surface area contributed by atoms with Crippen LogP contribution in [0.3, 0.4) is 0 Å². The van der Waals surface area contributed by atoms with E-state index < -0.39 is 125 Å². The third kappa shape index (κ3) is 20.7. The van der Waals surface area contributed by atoms with Gasteiger partial charge >= 0.3 is 0 Å². The normalized spacial score (nSPS) is 20.8. The number of aliphatic hydroxyl groups is 1. The van der Waals surface area contributed by atoms with E-state index in [9.17, 15) is 63.3 Å². The average Bonchev–Trinajstić information content (AvgIpc) is 3.47. The number of hydrogen-bond acceptors (Lipinski definition) is 16. The van der Waals surface area contributed by atoms with E-state index in [1.54, 1.807) is 24.3 Å². The predicted octanol–water partition coefficient (Wildman–Crippen LogP) is -1.32. The molecule has 25 nitrogen and oxygen atoms in total. The Labute approximate surface area is 481 Å². The molecule has 10 amide bonds. The number of benzene rings is 4. The molecule has 4 aromatic carbocycles. The molecule has 4 aromatic rings. The SMILES string of the molecule is CC(O)[C@@H]1NC(=O)[C@H](CCCCCN)NC(=O)[C@@H](Cc2ccc(C(N)=O)cc2)NC(=O)[C@H](Cc2ccc(O)cc2)NC(=O)[C@@H](NC(=O)[C@@H](N)Cc2ccc(Cl)cc2)CNC(=O)SC[C@@H](C(=O)N[C@H](Cc2ccc(O)cc2)C(N)=O)NC1=O. The predicted molar refractivity (Wildman–Crippen MR) is 303 cm³/mol. The van der Waals surface area contributed by atoms with Gasteiger partial charge in [0.2, 0.25) is 53.2 Å². The van der Waals surface area contributed by atoms with Gasteiger partial charge in [0.25, 0.3) is 5.24 Å². The minimum absolute atomic E-state index is 0.0353. The van der Waals surface area contributed by atoms with E-state index in [2.05, 4.69) is 42.5 Å². The van der Waals surface area contributed by atoms with E-state index in [1.165, 1.54) is 72.8 Å². The largest absolute Gasteiger partial charge is 0.508 e. The Hall–Kier alpha value is -8.30. The second-order valence-electron chi connectivity index (χ2n) is 19.6. The fraction of sp³-hybridized carbons (Fsp3) is 0.382. The molecule has 1 unspecified atom stereocenters. The number of thioether (sulfide) groups is 1. The molecule has 0 saturated carbocycles. The zero-order valence-electron chi connectivity index (χ0n) is 44.7. The van der Waals surface area contributed by atoms with Crippen LogP contribution in [0.2, 0.25) is 5.02 Å². The number of nitrogens with two attached hydrogens (primary N) is 4. The molecule has 82 heavy (non-hydrogen) atoms. The van der Waals surface area contributed by atoms with Crippen molar-refractivity contribution in [3.8, 4) is 11.5 Å². The number of nitrogens with one attached hydrogen (secondary N) is 8. The average molecular weight is 1170 g/mol. The van der Waals surface area contributed by atoms with Gasteiger partial charge in [-0.3, -0.25) is 47.9 Å². The lowest BCUT2D eigenvalue weighted by atomic mass is 10.00. The molecule has 9 atom stereocenters. The first-order valence-corrected chi connectivity index (χ1v) is 27.5. The molecule has 1 aliphatic heterocycles. The summed E-state index contributed by atoms with van der Waals surface area (Å²) in [5.41, 5.74) is 25.2. The molecule has 0 spiro atoms. The summed E-state index contributed by atoms with van der Waals surface area (Å²) in [5, 5.41) is 50.7. The molecule has 0 aliphatic carbocycles. The van der Waals surface area contributed by atoms with Crippen LogP contribution in [0.4, 0.5) is 4.79 Å². The minimum Gasteiger partial charge on any atom is -0.508 e. The third-order valence-corrected chi connectivity index (χ3v) is 14.2. The topological polar surface area (TPSA) is 432 Å². The van der Waals surface area contributed by atoms with Crippen LogP contribution < -0.4 is 65.5 Å². The van der Waals surface area contributed by atoms with Gasteiger partial charge in [-0.2, -0.15) is 0 Å². The summed E-state index contributed by atoms with van der Waals surface area (Å²) >= 11 is 6.46. The number of halogens is 1. The summed E-state index contributed by atoms with van der Waals surface area (Å²) < 4.78 is 0. The van der Waals surface area contributed by atoms with Crippen LogP contribution in [0.25, 0.3) is 0 Å². The van der Waals surface area contributed by atoms with Crippen LogP contribution in [0, 0.1) is 0 Å². The Morgan fingerprint density at radius 1 is 0.659 bits per heavy atom. The molecule has 19 N–H and O–H groups in total. The minimum atomic E-state index is -1.84. The first-order valence-electron chi connectivity index (χ1n) is 26.1. The summed E-state index contributed by atoms with van der Waals surface area (Å²) in [6, 6.07) is 10.9. The van der Waals surface area contributed by atoms with Gasteiger partial charge in [0.1, 0.15) is 53.8 Å². The number of aromatic hydroxyl groups is 2. The third-order valence-electron chi connectivity index (χ3n) is 13.1. The maximum atomic E-state index is 14.8. The highest BCUT2D eigenvalue weighted by Gasteiger charge is 2.37. The molecule has 1 saturated heterocycles. The Balaban J connectivity index is 1.59. The maximum Gasteiger partial charge on any atom is 0.279 e. The van der Waals surface area contributed by atoms with Gasteiger partial charge in [-0.1, -0.05) is 84.7 Å². The molecule has 27 heteroatoms. The van der Waals surface area contributed by atoms with Crippen molar-refractivity contribution in [3.63, 3.8) is 0 Å².